The maximum Gasteiger partial charge on any atom is 0.254 e. The average molecular weight is 480 g/mol. The van der Waals surface area contributed by atoms with Crippen molar-refractivity contribution in [2.75, 3.05) is 44.7 Å². The van der Waals surface area contributed by atoms with E-state index in [0.29, 0.717) is 29.6 Å². The summed E-state index contributed by atoms with van der Waals surface area (Å²) in [6, 6.07) is 17.4. The molecule has 1 aliphatic heterocycles. The second-order valence-corrected chi connectivity index (χ2v) is 9.95. The molecular formula is C27H34ClN5O. The first-order valence-corrected chi connectivity index (χ1v) is 12.3. The van der Waals surface area contributed by atoms with Crippen LogP contribution >= 0.6 is 11.6 Å². The van der Waals surface area contributed by atoms with Crippen molar-refractivity contribution in [1.82, 2.24) is 19.6 Å². The van der Waals surface area contributed by atoms with Crippen LogP contribution in [0.4, 0.5) is 5.82 Å². The van der Waals surface area contributed by atoms with Crippen molar-refractivity contribution in [3.63, 3.8) is 0 Å². The molecule has 2 heterocycles. The topological polar surface area (TPSA) is 44.6 Å². The van der Waals surface area contributed by atoms with Crippen LogP contribution < -0.4 is 4.90 Å². The van der Waals surface area contributed by atoms with Gasteiger partial charge in [-0.15, -0.1) is 0 Å². The van der Waals surface area contributed by atoms with Crippen LogP contribution in [0, 0.1) is 12.8 Å². The molecule has 1 saturated heterocycles. The predicted molar refractivity (Wildman–Crippen MR) is 139 cm³/mol. The lowest BCUT2D eigenvalue weighted by Crippen LogP contribution is -2.45. The first-order valence-electron chi connectivity index (χ1n) is 12.0. The minimum absolute atomic E-state index is 0.0153. The summed E-state index contributed by atoms with van der Waals surface area (Å²) in [5.74, 6) is 1.45. The number of likely N-dealkylation sites (N-methyl/N-ethyl adjacent to an activating group) is 1. The van der Waals surface area contributed by atoms with Crippen LogP contribution in [0.3, 0.4) is 0 Å². The number of benzene rings is 2. The lowest BCUT2D eigenvalue weighted by atomic mass is 10.1. The van der Waals surface area contributed by atoms with Gasteiger partial charge in [0.1, 0.15) is 5.82 Å². The molecule has 4 rings (SSSR count). The van der Waals surface area contributed by atoms with Gasteiger partial charge in [0.25, 0.3) is 5.91 Å². The second-order valence-electron chi connectivity index (χ2n) is 9.51. The van der Waals surface area contributed by atoms with Crippen molar-refractivity contribution in [2.45, 2.75) is 27.3 Å². The number of rotatable bonds is 7. The SMILES string of the molecule is Cc1nn(-c2ccccc2)c(N2CCN(C)CC2)c1CN(CC(C)C)C(=O)c1ccc(Cl)cc1. The lowest BCUT2D eigenvalue weighted by Gasteiger charge is -2.35. The number of aryl methyl sites for hydroxylation is 1. The molecule has 0 saturated carbocycles. The number of amides is 1. The van der Waals surface area contributed by atoms with Gasteiger partial charge in [-0.3, -0.25) is 4.79 Å². The molecule has 2 aromatic carbocycles. The normalized spacial score (nSPS) is 14.6. The van der Waals surface area contributed by atoms with E-state index in [0.717, 1.165) is 48.9 Å². The third kappa shape index (κ3) is 5.45. The Bertz CT molecular complexity index is 1100. The molecule has 1 fully saturated rings. The van der Waals surface area contributed by atoms with Gasteiger partial charge in [-0.05, 0) is 56.3 Å². The standard InChI is InChI=1S/C27H34ClN5O/c1-20(2)18-32(27(34)22-10-12-23(28)13-11-22)19-25-21(3)29-33(24-8-6-5-7-9-24)26(25)31-16-14-30(4)15-17-31/h5-13,20H,14-19H2,1-4H3. The summed E-state index contributed by atoms with van der Waals surface area (Å²) in [4.78, 5) is 20.3. The third-order valence-corrected chi connectivity index (χ3v) is 6.53. The molecule has 1 amide bonds. The van der Waals surface area contributed by atoms with Gasteiger partial charge in [-0.2, -0.15) is 5.10 Å². The molecule has 0 aliphatic carbocycles. The summed E-state index contributed by atoms with van der Waals surface area (Å²) < 4.78 is 2.05. The van der Waals surface area contributed by atoms with E-state index in [4.69, 9.17) is 16.7 Å². The predicted octanol–water partition coefficient (Wildman–Crippen LogP) is 4.88. The zero-order valence-corrected chi connectivity index (χ0v) is 21.3. The summed E-state index contributed by atoms with van der Waals surface area (Å²) in [5.41, 5.74) is 3.75. The van der Waals surface area contributed by atoms with E-state index in [1.54, 1.807) is 24.3 Å². The molecule has 3 aromatic rings. The van der Waals surface area contributed by atoms with Gasteiger partial charge in [0.15, 0.2) is 0 Å². The van der Waals surface area contributed by atoms with Crippen LogP contribution in [0.25, 0.3) is 5.69 Å². The molecule has 0 radical (unpaired) electrons. The quantitative estimate of drug-likeness (QED) is 0.484. The number of carbonyl (C=O) groups excluding carboxylic acids is 1. The molecule has 0 N–H and O–H groups in total. The molecule has 6 nitrogen and oxygen atoms in total. The van der Waals surface area contributed by atoms with Crippen molar-refractivity contribution < 1.29 is 4.79 Å². The lowest BCUT2D eigenvalue weighted by molar-refractivity contribution is 0.0722. The van der Waals surface area contributed by atoms with Gasteiger partial charge < -0.3 is 14.7 Å². The second kappa shape index (κ2) is 10.6. The number of hydrogen-bond acceptors (Lipinski definition) is 4. The Morgan fingerprint density at radius 2 is 1.68 bits per heavy atom. The average Bonchev–Trinajstić information content (AvgIpc) is 3.15. The van der Waals surface area contributed by atoms with Gasteiger partial charge in [0, 0.05) is 48.9 Å². The Morgan fingerprint density at radius 3 is 2.29 bits per heavy atom. The third-order valence-electron chi connectivity index (χ3n) is 6.27. The zero-order chi connectivity index (χ0) is 24.2. The molecule has 0 spiro atoms. The van der Waals surface area contributed by atoms with E-state index in [1.807, 2.05) is 23.1 Å². The summed E-state index contributed by atoms with van der Waals surface area (Å²) in [6.45, 7) is 11.4. The van der Waals surface area contributed by atoms with Crippen LogP contribution in [-0.4, -0.2) is 65.3 Å². The van der Waals surface area contributed by atoms with Gasteiger partial charge in [-0.25, -0.2) is 4.68 Å². The highest BCUT2D eigenvalue weighted by atomic mass is 35.5. The Balaban J connectivity index is 1.74. The number of hydrogen-bond donors (Lipinski definition) is 0. The van der Waals surface area contributed by atoms with Gasteiger partial charge >= 0.3 is 0 Å². The highest BCUT2D eigenvalue weighted by molar-refractivity contribution is 6.30. The van der Waals surface area contributed by atoms with E-state index in [-0.39, 0.29) is 5.91 Å². The van der Waals surface area contributed by atoms with Crippen LogP contribution in [0.5, 0.6) is 0 Å². The van der Waals surface area contributed by atoms with Crippen molar-refractivity contribution in [2.24, 2.45) is 5.92 Å². The fourth-order valence-electron chi connectivity index (χ4n) is 4.45. The highest BCUT2D eigenvalue weighted by Crippen LogP contribution is 2.30. The van der Waals surface area contributed by atoms with E-state index in [9.17, 15) is 4.79 Å². The Labute approximate surface area is 207 Å². The maximum absolute atomic E-state index is 13.6. The smallest absolute Gasteiger partial charge is 0.254 e. The minimum Gasteiger partial charge on any atom is -0.354 e. The van der Waals surface area contributed by atoms with Crippen molar-refractivity contribution in [3.05, 3.63) is 76.4 Å². The number of anilines is 1. The number of para-hydroxylation sites is 1. The van der Waals surface area contributed by atoms with E-state index in [2.05, 4.69) is 54.4 Å². The number of halogens is 1. The fourth-order valence-corrected chi connectivity index (χ4v) is 4.58. The summed E-state index contributed by atoms with van der Waals surface area (Å²) in [7, 11) is 2.16. The van der Waals surface area contributed by atoms with Crippen molar-refractivity contribution in [3.8, 4) is 5.69 Å². The number of piperazine rings is 1. The van der Waals surface area contributed by atoms with E-state index >= 15 is 0 Å². The summed E-state index contributed by atoms with van der Waals surface area (Å²) >= 11 is 6.06. The number of carbonyl (C=O) groups is 1. The number of nitrogens with zero attached hydrogens (tertiary/aromatic N) is 5. The van der Waals surface area contributed by atoms with E-state index in [1.165, 1.54) is 0 Å². The van der Waals surface area contributed by atoms with Crippen molar-refractivity contribution in [1.29, 1.82) is 0 Å². The molecule has 0 atom stereocenters. The van der Waals surface area contributed by atoms with Crippen LogP contribution in [0.1, 0.15) is 35.5 Å². The molecule has 0 bridgehead atoms. The molecular weight excluding hydrogens is 446 g/mol. The summed E-state index contributed by atoms with van der Waals surface area (Å²) in [5, 5.41) is 5.59. The van der Waals surface area contributed by atoms with Gasteiger partial charge in [-0.1, -0.05) is 43.6 Å². The first-order chi connectivity index (χ1) is 16.3. The van der Waals surface area contributed by atoms with Crippen LogP contribution in [0.15, 0.2) is 54.6 Å². The van der Waals surface area contributed by atoms with Crippen molar-refractivity contribution >= 4 is 23.3 Å². The molecule has 7 heteroatoms. The maximum atomic E-state index is 13.6. The van der Waals surface area contributed by atoms with Gasteiger partial charge in [0.05, 0.1) is 17.9 Å². The number of aromatic nitrogens is 2. The van der Waals surface area contributed by atoms with Crippen LogP contribution in [0.2, 0.25) is 5.02 Å². The minimum atomic E-state index is 0.0153. The first kappa shape index (κ1) is 24.3. The molecule has 180 valence electrons. The monoisotopic (exact) mass is 479 g/mol. The molecule has 34 heavy (non-hydrogen) atoms. The Kier molecular flexibility index (Phi) is 7.59. The molecule has 1 aromatic heterocycles. The summed E-state index contributed by atoms with van der Waals surface area (Å²) in [6.07, 6.45) is 0. The van der Waals surface area contributed by atoms with E-state index < -0.39 is 0 Å². The van der Waals surface area contributed by atoms with Gasteiger partial charge in [0.2, 0.25) is 0 Å². The zero-order valence-electron chi connectivity index (χ0n) is 20.5. The molecule has 0 unspecified atom stereocenters. The largest absolute Gasteiger partial charge is 0.354 e. The Hall–Kier alpha value is -2.83. The fraction of sp³-hybridized carbons (Fsp3) is 0.407. The Morgan fingerprint density at radius 1 is 1.03 bits per heavy atom. The van der Waals surface area contributed by atoms with Crippen LogP contribution in [-0.2, 0) is 6.54 Å². The molecule has 1 aliphatic rings. The highest BCUT2D eigenvalue weighted by Gasteiger charge is 2.27.